The third-order valence-electron chi connectivity index (χ3n) is 13.9. The zero-order valence-corrected chi connectivity index (χ0v) is 48.0. The summed E-state index contributed by atoms with van der Waals surface area (Å²) in [5.74, 6) is -0.371. The maximum atomic E-state index is 14.9. The molecule has 0 atom stereocenters. The second-order valence-electron chi connectivity index (χ2n) is 28.5. The molecule has 5 aromatic rings. The van der Waals surface area contributed by atoms with Crippen molar-refractivity contribution < 1.29 is 30.3 Å². The fourth-order valence-corrected chi connectivity index (χ4v) is 9.82. The predicted octanol–water partition coefficient (Wildman–Crippen LogP) is 17.3. The molecule has 0 saturated heterocycles. The molecular formula is C65H88O6. The number of carboxylic acids is 1. The molecule has 5 aromatic carbocycles. The van der Waals surface area contributed by atoms with Crippen LogP contribution in [-0.4, -0.2) is 31.5 Å². The molecule has 0 aliphatic rings. The van der Waals surface area contributed by atoms with Gasteiger partial charge >= 0.3 is 5.97 Å². The highest BCUT2D eigenvalue weighted by atomic mass is 16.4. The van der Waals surface area contributed by atoms with Gasteiger partial charge in [-0.05, 0) is 131 Å². The van der Waals surface area contributed by atoms with Gasteiger partial charge in [-0.15, -0.1) is 0 Å². The molecule has 0 radical (unpaired) electrons. The van der Waals surface area contributed by atoms with E-state index in [0.717, 1.165) is 44.5 Å². The lowest BCUT2D eigenvalue weighted by atomic mass is 9.73. The Balaban J connectivity index is 2.32. The van der Waals surface area contributed by atoms with Crippen LogP contribution in [0.3, 0.4) is 0 Å². The summed E-state index contributed by atoms with van der Waals surface area (Å²) in [6, 6.07) is 22.0. The summed E-state index contributed by atoms with van der Waals surface area (Å²) in [4.78, 5) is 14.9. The van der Waals surface area contributed by atoms with E-state index in [2.05, 4.69) is 155 Å². The van der Waals surface area contributed by atoms with Crippen molar-refractivity contribution in [2.45, 2.75) is 209 Å². The van der Waals surface area contributed by atoms with Crippen LogP contribution in [0.1, 0.15) is 227 Å². The second kappa shape index (κ2) is 18.2. The molecule has 0 amide bonds. The summed E-state index contributed by atoms with van der Waals surface area (Å²) in [6.07, 6.45) is 0. The average molecular weight is 965 g/mol. The van der Waals surface area contributed by atoms with E-state index in [-0.39, 0.29) is 28.6 Å². The fourth-order valence-electron chi connectivity index (χ4n) is 9.82. The highest BCUT2D eigenvalue weighted by molar-refractivity contribution is 6.27. The van der Waals surface area contributed by atoms with Gasteiger partial charge in [0, 0.05) is 50.1 Å². The number of aliphatic carboxylic acids is 1. The van der Waals surface area contributed by atoms with Gasteiger partial charge < -0.3 is 25.5 Å². The first-order valence-corrected chi connectivity index (χ1v) is 25.4. The van der Waals surface area contributed by atoms with Crippen molar-refractivity contribution in [2.24, 2.45) is 0 Å². The zero-order chi connectivity index (χ0) is 54.5. The summed E-state index contributed by atoms with van der Waals surface area (Å²) in [7, 11) is 0. The van der Waals surface area contributed by atoms with Gasteiger partial charge in [-0.2, -0.15) is 0 Å². The minimum absolute atomic E-state index is 0.0344. The minimum Gasteiger partial charge on any atom is -0.507 e. The molecule has 5 N–H and O–H groups in total. The first kappa shape index (κ1) is 56.4. The van der Waals surface area contributed by atoms with Gasteiger partial charge in [-0.3, -0.25) is 0 Å². The molecule has 0 unspecified atom stereocenters. The van der Waals surface area contributed by atoms with Gasteiger partial charge in [0.05, 0.1) is 5.57 Å². The molecule has 0 aromatic heterocycles. The van der Waals surface area contributed by atoms with E-state index < -0.39 is 49.3 Å². The summed E-state index contributed by atoms with van der Waals surface area (Å²) >= 11 is 0. The van der Waals surface area contributed by atoms with E-state index in [9.17, 15) is 30.3 Å². The Kier molecular flexibility index (Phi) is 14.5. The topological polar surface area (TPSA) is 118 Å². The minimum atomic E-state index is -1.16. The predicted molar refractivity (Wildman–Crippen MR) is 300 cm³/mol. The van der Waals surface area contributed by atoms with Crippen LogP contribution >= 0.6 is 0 Å². The molecule has 6 nitrogen and oxygen atoms in total. The normalized spacial score (nSPS) is 13.9. The summed E-state index contributed by atoms with van der Waals surface area (Å²) in [5.41, 5.74) is 6.82. The second-order valence-corrected chi connectivity index (χ2v) is 28.5. The van der Waals surface area contributed by atoms with Crippen LogP contribution in [0.25, 0.3) is 33.4 Å². The lowest BCUT2D eigenvalue weighted by Gasteiger charge is -2.32. The van der Waals surface area contributed by atoms with Crippen molar-refractivity contribution in [3.05, 3.63) is 128 Å². The van der Waals surface area contributed by atoms with Gasteiger partial charge in [0.2, 0.25) is 0 Å². The molecule has 0 heterocycles. The summed E-state index contributed by atoms with van der Waals surface area (Å²) in [5, 5.41) is 60.8. The van der Waals surface area contributed by atoms with Crippen LogP contribution in [0.15, 0.2) is 66.7 Å². The SMILES string of the molecule is CC(C)(C)c1cc(C(C(=O)O)=C(c2cc(C(C)(C)C)c(O)c(C(C)(C)C)c2)c2cccc(-c3cc(C(C)(C)C)c(O)c(C(C)(C)C)c3)c2-c2cc(C(C)(C)C)c(O)c(C(C)(C)C)c2)cc(C(C)(C)C)c1O. The molecule has 384 valence electrons. The number of aromatic hydroxyl groups is 4. The van der Waals surface area contributed by atoms with E-state index >= 15 is 0 Å². The maximum absolute atomic E-state index is 14.9. The van der Waals surface area contributed by atoms with Crippen molar-refractivity contribution in [1.82, 2.24) is 0 Å². The highest BCUT2D eigenvalue weighted by Crippen LogP contribution is 2.52. The van der Waals surface area contributed by atoms with E-state index in [0.29, 0.717) is 44.5 Å². The highest BCUT2D eigenvalue weighted by Gasteiger charge is 2.36. The maximum Gasteiger partial charge on any atom is 0.336 e. The fraction of sp³-hybridized carbons (Fsp3) is 0.492. The molecule has 0 bridgehead atoms. The van der Waals surface area contributed by atoms with E-state index in [1.54, 1.807) is 0 Å². The smallest absolute Gasteiger partial charge is 0.336 e. The van der Waals surface area contributed by atoms with Gasteiger partial charge in [0.1, 0.15) is 23.0 Å². The van der Waals surface area contributed by atoms with Crippen molar-refractivity contribution in [3.63, 3.8) is 0 Å². The summed E-state index contributed by atoms with van der Waals surface area (Å²) in [6.45, 7) is 49.6. The van der Waals surface area contributed by atoms with E-state index in [4.69, 9.17) is 0 Å². The van der Waals surface area contributed by atoms with E-state index in [1.165, 1.54) is 0 Å². The Morgan fingerprint density at radius 1 is 0.352 bits per heavy atom. The van der Waals surface area contributed by atoms with Gasteiger partial charge in [-0.1, -0.05) is 184 Å². The van der Waals surface area contributed by atoms with Crippen LogP contribution in [0, 0.1) is 0 Å². The number of hydrogen-bond donors (Lipinski definition) is 5. The zero-order valence-electron chi connectivity index (χ0n) is 48.0. The number of phenols is 4. The molecule has 0 fully saturated rings. The number of carbonyl (C=O) groups is 1. The summed E-state index contributed by atoms with van der Waals surface area (Å²) < 4.78 is 0. The Bertz CT molecular complexity index is 2780. The average Bonchev–Trinajstić information content (AvgIpc) is 3.16. The number of carboxylic acid groups (broad SMARTS) is 1. The molecule has 71 heavy (non-hydrogen) atoms. The Morgan fingerprint density at radius 2 is 0.606 bits per heavy atom. The third kappa shape index (κ3) is 11.4. The molecular weight excluding hydrogens is 877 g/mol. The largest absolute Gasteiger partial charge is 0.507 e. The van der Waals surface area contributed by atoms with Gasteiger partial charge in [-0.25, -0.2) is 4.79 Å². The number of benzene rings is 5. The lowest BCUT2D eigenvalue weighted by Crippen LogP contribution is -2.20. The Morgan fingerprint density at radius 3 is 0.873 bits per heavy atom. The molecule has 5 rings (SSSR count). The van der Waals surface area contributed by atoms with Crippen LogP contribution in [0.2, 0.25) is 0 Å². The van der Waals surface area contributed by atoms with Crippen LogP contribution < -0.4 is 0 Å². The van der Waals surface area contributed by atoms with Crippen LogP contribution in [-0.2, 0) is 48.1 Å². The number of rotatable bonds is 6. The first-order valence-electron chi connectivity index (χ1n) is 25.4. The monoisotopic (exact) mass is 965 g/mol. The standard InChI is InChI=1S/C65H88O6/c1-58(2,3)42-28-36(29-43(53(42)66)59(4,5)6)40-26-25-27-41(50(40)37-30-44(60(7,8)9)54(67)45(31-37)61(10,11)12)51(38-32-46(62(13,14)15)55(68)47(33-38)63(16,17)18)52(57(70)71)39-34-48(64(19,20)21)56(69)49(35-39)65(22,23)24/h25-35,66-69H,1-24H3,(H,70,71). The molecule has 0 aliphatic heterocycles. The lowest BCUT2D eigenvalue weighted by molar-refractivity contribution is -0.130. The number of hydrogen-bond acceptors (Lipinski definition) is 5. The van der Waals surface area contributed by atoms with Crippen molar-refractivity contribution >= 4 is 17.1 Å². The molecule has 0 saturated carbocycles. The van der Waals surface area contributed by atoms with Crippen molar-refractivity contribution in [3.8, 4) is 45.3 Å². The van der Waals surface area contributed by atoms with Gasteiger partial charge in [0.15, 0.2) is 0 Å². The van der Waals surface area contributed by atoms with Crippen LogP contribution in [0.5, 0.6) is 23.0 Å². The Labute approximate surface area is 428 Å². The molecule has 0 aliphatic carbocycles. The molecule has 0 spiro atoms. The molecule has 6 heteroatoms. The first-order chi connectivity index (χ1) is 31.8. The van der Waals surface area contributed by atoms with Crippen molar-refractivity contribution in [1.29, 1.82) is 0 Å². The quantitative estimate of drug-likeness (QED) is 0.0855. The van der Waals surface area contributed by atoms with Gasteiger partial charge in [0.25, 0.3) is 0 Å². The van der Waals surface area contributed by atoms with Crippen LogP contribution in [0.4, 0.5) is 0 Å². The van der Waals surface area contributed by atoms with Crippen molar-refractivity contribution in [2.75, 3.05) is 0 Å². The number of phenolic OH excluding ortho intramolecular Hbond substituents is 4. The Hall–Kier alpha value is -5.49. The van der Waals surface area contributed by atoms with E-state index in [1.807, 2.05) is 77.9 Å². The third-order valence-corrected chi connectivity index (χ3v) is 13.9.